The summed E-state index contributed by atoms with van der Waals surface area (Å²) in [6.07, 6.45) is 5.54. The highest BCUT2D eigenvalue weighted by atomic mass is 16.5. The van der Waals surface area contributed by atoms with E-state index in [0.29, 0.717) is 6.54 Å². The van der Waals surface area contributed by atoms with Crippen molar-refractivity contribution in [3.8, 4) is 0 Å². The van der Waals surface area contributed by atoms with E-state index in [2.05, 4.69) is 12.1 Å². The quantitative estimate of drug-likeness (QED) is 0.308. The van der Waals surface area contributed by atoms with Gasteiger partial charge in [-0.15, -0.1) is 0 Å². The SMILES string of the molecule is CNO.O=C/C=C/c1ccc2c(c1)nc(CCc1ccccc1)n2CCC(=O)O. The largest absolute Gasteiger partial charge is 0.481 e. The van der Waals surface area contributed by atoms with Crippen LogP contribution in [0, 0.1) is 0 Å². The van der Waals surface area contributed by atoms with Crippen molar-refractivity contribution in [2.45, 2.75) is 25.8 Å². The maximum Gasteiger partial charge on any atom is 0.305 e. The van der Waals surface area contributed by atoms with E-state index in [1.165, 1.54) is 18.7 Å². The molecule has 1 aromatic heterocycles. The first-order valence-corrected chi connectivity index (χ1v) is 9.26. The number of carbonyl (C=O) groups excluding carboxylic acids is 1. The van der Waals surface area contributed by atoms with Gasteiger partial charge in [-0.3, -0.25) is 9.59 Å². The monoisotopic (exact) mass is 395 g/mol. The second kappa shape index (κ2) is 11.5. The number of fused-ring (bicyclic) bond motifs is 1. The zero-order valence-corrected chi connectivity index (χ0v) is 16.3. The molecule has 0 aliphatic rings. The number of nitrogens with one attached hydrogen (secondary N) is 1. The lowest BCUT2D eigenvalue weighted by Gasteiger charge is -2.08. The van der Waals surface area contributed by atoms with Gasteiger partial charge >= 0.3 is 5.97 Å². The molecule has 3 rings (SSSR count). The zero-order chi connectivity index (χ0) is 21.1. The third-order valence-electron chi connectivity index (χ3n) is 4.25. The van der Waals surface area contributed by atoms with Crippen molar-refractivity contribution < 1.29 is 19.9 Å². The fraction of sp³-hybridized carbons (Fsp3) is 0.227. The number of carboxylic acid groups (broad SMARTS) is 1. The summed E-state index contributed by atoms with van der Waals surface area (Å²) >= 11 is 0. The number of imidazole rings is 1. The third kappa shape index (κ3) is 6.67. The topological polar surface area (TPSA) is 104 Å². The van der Waals surface area contributed by atoms with Gasteiger partial charge in [-0.1, -0.05) is 42.5 Å². The van der Waals surface area contributed by atoms with Gasteiger partial charge in [-0.05, 0) is 35.8 Å². The molecule has 0 spiro atoms. The highest BCUT2D eigenvalue weighted by Gasteiger charge is 2.12. The molecule has 0 atom stereocenters. The van der Waals surface area contributed by atoms with Crippen LogP contribution in [0.2, 0.25) is 0 Å². The maximum absolute atomic E-state index is 11.0. The van der Waals surface area contributed by atoms with Gasteiger partial charge in [0.15, 0.2) is 0 Å². The Kier molecular flexibility index (Phi) is 8.75. The third-order valence-corrected chi connectivity index (χ3v) is 4.25. The summed E-state index contributed by atoms with van der Waals surface area (Å²) in [6, 6.07) is 15.9. The van der Waals surface area contributed by atoms with E-state index < -0.39 is 5.97 Å². The highest BCUT2D eigenvalue weighted by molar-refractivity contribution is 5.81. The van der Waals surface area contributed by atoms with Crippen LogP contribution < -0.4 is 5.48 Å². The van der Waals surface area contributed by atoms with E-state index in [4.69, 9.17) is 15.3 Å². The number of carbonyl (C=O) groups is 2. The van der Waals surface area contributed by atoms with E-state index in [1.54, 1.807) is 11.6 Å². The Hall–Kier alpha value is -3.29. The van der Waals surface area contributed by atoms with E-state index in [0.717, 1.165) is 41.5 Å². The predicted molar refractivity (Wildman–Crippen MR) is 112 cm³/mol. The number of nitrogens with zero attached hydrogens (tertiary/aromatic N) is 2. The lowest BCUT2D eigenvalue weighted by atomic mass is 10.1. The first kappa shape index (κ1) is 22.0. The summed E-state index contributed by atoms with van der Waals surface area (Å²) in [4.78, 5) is 26.2. The number of rotatable bonds is 8. The number of aromatic nitrogens is 2. The molecule has 2 aromatic carbocycles. The van der Waals surface area contributed by atoms with Gasteiger partial charge in [0, 0.05) is 20.0 Å². The summed E-state index contributed by atoms with van der Waals surface area (Å²) in [5, 5.41) is 16.4. The average Bonchev–Trinajstić information content (AvgIpc) is 3.07. The van der Waals surface area contributed by atoms with Gasteiger partial charge in [0.25, 0.3) is 0 Å². The average molecular weight is 395 g/mol. The summed E-state index contributed by atoms with van der Waals surface area (Å²) in [7, 11) is 1.43. The molecular formula is C22H25N3O4. The molecule has 0 aliphatic heterocycles. The molecule has 1 heterocycles. The van der Waals surface area contributed by atoms with Gasteiger partial charge in [-0.2, -0.15) is 0 Å². The summed E-state index contributed by atoms with van der Waals surface area (Å²) < 4.78 is 1.99. The molecule has 7 heteroatoms. The summed E-state index contributed by atoms with van der Waals surface area (Å²) in [5.41, 5.74) is 5.59. The van der Waals surface area contributed by atoms with E-state index in [-0.39, 0.29) is 6.42 Å². The Morgan fingerprint density at radius 2 is 1.90 bits per heavy atom. The Balaban J connectivity index is 0.000000941. The van der Waals surface area contributed by atoms with Crippen LogP contribution in [0.1, 0.15) is 23.4 Å². The van der Waals surface area contributed by atoms with Crippen LogP contribution in [-0.2, 0) is 29.0 Å². The van der Waals surface area contributed by atoms with Gasteiger partial charge in [0.1, 0.15) is 12.1 Å². The van der Waals surface area contributed by atoms with Gasteiger partial charge < -0.3 is 14.9 Å². The number of carboxylic acids is 1. The molecule has 0 amide bonds. The molecular weight excluding hydrogens is 370 g/mol. The second-order valence-electron chi connectivity index (χ2n) is 6.28. The molecule has 0 saturated carbocycles. The lowest BCUT2D eigenvalue weighted by molar-refractivity contribution is -0.137. The number of hydrogen-bond acceptors (Lipinski definition) is 5. The lowest BCUT2D eigenvalue weighted by Crippen LogP contribution is -2.09. The van der Waals surface area contributed by atoms with Crippen LogP contribution in [0.15, 0.2) is 54.6 Å². The Bertz CT molecular complexity index is 965. The van der Waals surface area contributed by atoms with Crippen molar-refractivity contribution in [3.05, 3.63) is 71.6 Å². The van der Waals surface area contributed by atoms with E-state index in [9.17, 15) is 9.59 Å². The molecule has 0 aliphatic carbocycles. The molecule has 0 unspecified atom stereocenters. The minimum Gasteiger partial charge on any atom is -0.481 e. The standard InChI is InChI=1S/C21H20N2O3.CH5NO/c24-14-4-7-17-8-10-19-18(15-17)22-20(23(19)13-12-21(25)26)11-9-16-5-2-1-3-6-16;1-2-3/h1-8,10,14-15H,9,11-13H2,(H,25,26);2-3H,1H3/b7-4+;. The molecule has 0 saturated heterocycles. The van der Waals surface area contributed by atoms with Crippen molar-refractivity contribution in [1.82, 2.24) is 15.0 Å². The highest BCUT2D eigenvalue weighted by Crippen LogP contribution is 2.20. The first-order chi connectivity index (χ1) is 14.1. The summed E-state index contributed by atoms with van der Waals surface area (Å²) in [6.45, 7) is 0.388. The number of hydroxylamine groups is 1. The zero-order valence-electron chi connectivity index (χ0n) is 16.3. The Morgan fingerprint density at radius 1 is 1.17 bits per heavy atom. The number of aldehydes is 1. The van der Waals surface area contributed by atoms with Crippen LogP contribution in [-0.4, -0.2) is 39.2 Å². The Labute approximate surface area is 169 Å². The summed E-state index contributed by atoms with van der Waals surface area (Å²) in [5.74, 6) is 0.0491. The maximum atomic E-state index is 11.0. The van der Waals surface area contributed by atoms with Crippen molar-refractivity contribution in [1.29, 1.82) is 0 Å². The van der Waals surface area contributed by atoms with Crippen LogP contribution in [0.5, 0.6) is 0 Å². The van der Waals surface area contributed by atoms with Crippen LogP contribution in [0.25, 0.3) is 17.1 Å². The molecule has 152 valence electrons. The number of hydrogen-bond donors (Lipinski definition) is 3. The molecule has 0 fully saturated rings. The second-order valence-corrected chi connectivity index (χ2v) is 6.28. The number of aryl methyl sites for hydroxylation is 3. The predicted octanol–water partition coefficient (Wildman–Crippen LogP) is 3.10. The smallest absolute Gasteiger partial charge is 0.305 e. The van der Waals surface area contributed by atoms with Crippen molar-refractivity contribution in [2.24, 2.45) is 0 Å². The minimum atomic E-state index is -0.827. The van der Waals surface area contributed by atoms with Crippen molar-refractivity contribution in [2.75, 3.05) is 7.05 Å². The van der Waals surface area contributed by atoms with E-state index >= 15 is 0 Å². The van der Waals surface area contributed by atoms with Gasteiger partial charge in [-0.25, -0.2) is 10.5 Å². The molecule has 29 heavy (non-hydrogen) atoms. The minimum absolute atomic E-state index is 0.0522. The Morgan fingerprint density at radius 3 is 2.55 bits per heavy atom. The van der Waals surface area contributed by atoms with Crippen molar-refractivity contribution in [3.63, 3.8) is 0 Å². The van der Waals surface area contributed by atoms with Gasteiger partial charge in [0.2, 0.25) is 0 Å². The number of aliphatic carboxylic acids is 1. The normalized spacial score (nSPS) is 10.7. The molecule has 3 aromatic rings. The molecule has 7 nitrogen and oxygen atoms in total. The number of allylic oxidation sites excluding steroid dienone is 1. The molecule has 0 radical (unpaired) electrons. The van der Waals surface area contributed by atoms with Crippen LogP contribution in [0.3, 0.4) is 0 Å². The van der Waals surface area contributed by atoms with Crippen molar-refractivity contribution >= 4 is 29.4 Å². The van der Waals surface area contributed by atoms with E-state index in [1.807, 2.05) is 41.0 Å². The van der Waals surface area contributed by atoms with Gasteiger partial charge in [0.05, 0.1) is 17.5 Å². The fourth-order valence-electron chi connectivity index (χ4n) is 3.00. The van der Waals surface area contributed by atoms with Crippen LogP contribution >= 0.6 is 0 Å². The van der Waals surface area contributed by atoms with Crippen LogP contribution in [0.4, 0.5) is 0 Å². The molecule has 0 bridgehead atoms. The molecule has 3 N–H and O–H groups in total. The fourth-order valence-corrected chi connectivity index (χ4v) is 3.00. The first-order valence-electron chi connectivity index (χ1n) is 9.26. The number of benzene rings is 2.